The number of morpholine rings is 1. The molecule has 1 fully saturated rings. The molecule has 0 radical (unpaired) electrons. The summed E-state index contributed by atoms with van der Waals surface area (Å²) in [7, 11) is 1.53. The van der Waals surface area contributed by atoms with Crippen molar-refractivity contribution in [3.63, 3.8) is 0 Å². The van der Waals surface area contributed by atoms with E-state index in [4.69, 9.17) is 21.1 Å². The van der Waals surface area contributed by atoms with Crippen molar-refractivity contribution < 1.29 is 23.9 Å². The third-order valence-corrected chi connectivity index (χ3v) is 6.00. The maximum atomic E-state index is 12.9. The summed E-state index contributed by atoms with van der Waals surface area (Å²) < 4.78 is 10.7. The van der Waals surface area contributed by atoms with Crippen LogP contribution in [-0.2, 0) is 19.1 Å². The quantitative estimate of drug-likeness (QED) is 0.624. The van der Waals surface area contributed by atoms with E-state index < -0.39 is 6.04 Å². The zero-order valence-corrected chi connectivity index (χ0v) is 18.8. The maximum Gasteiger partial charge on any atom is 0.262 e. The van der Waals surface area contributed by atoms with Crippen molar-refractivity contribution in [2.45, 2.75) is 19.4 Å². The molecule has 0 saturated carbocycles. The highest BCUT2D eigenvalue weighted by atomic mass is 35.5. The Morgan fingerprint density at radius 1 is 1.32 bits per heavy atom. The van der Waals surface area contributed by atoms with E-state index in [0.717, 1.165) is 22.6 Å². The van der Waals surface area contributed by atoms with Gasteiger partial charge in [0.1, 0.15) is 12.6 Å². The zero-order chi connectivity index (χ0) is 22.4. The first-order valence-corrected chi connectivity index (χ1v) is 10.9. The van der Waals surface area contributed by atoms with Crippen LogP contribution in [0.5, 0.6) is 0 Å². The van der Waals surface area contributed by atoms with Gasteiger partial charge in [-0.3, -0.25) is 14.4 Å². The van der Waals surface area contributed by atoms with Crippen molar-refractivity contribution >= 4 is 52.0 Å². The largest absolute Gasteiger partial charge is 0.385 e. The fraction of sp³-hybridized carbons (Fsp3) is 0.381. The van der Waals surface area contributed by atoms with Gasteiger partial charge in [-0.25, -0.2) is 0 Å². The minimum absolute atomic E-state index is 0.0637. The van der Waals surface area contributed by atoms with Crippen LogP contribution in [0, 0.1) is 6.92 Å². The van der Waals surface area contributed by atoms with E-state index in [0.29, 0.717) is 41.1 Å². The lowest BCUT2D eigenvalue weighted by Crippen LogP contribution is -2.44. The van der Waals surface area contributed by atoms with Crippen molar-refractivity contribution in [1.29, 1.82) is 0 Å². The van der Waals surface area contributed by atoms with E-state index in [-0.39, 0.29) is 24.3 Å². The highest BCUT2D eigenvalue weighted by molar-refractivity contribution is 7.18. The molecule has 1 aromatic carbocycles. The summed E-state index contributed by atoms with van der Waals surface area (Å²) in [5.41, 5.74) is 2.20. The molecule has 1 aromatic heterocycles. The second-order valence-corrected chi connectivity index (χ2v) is 8.71. The number of carbonyl (C=O) groups excluding carboxylic acids is 3. The molecule has 1 aliphatic rings. The number of halogens is 1. The van der Waals surface area contributed by atoms with E-state index in [1.54, 1.807) is 35.2 Å². The van der Waals surface area contributed by atoms with E-state index in [1.165, 1.54) is 7.11 Å². The molecule has 2 N–H and O–H groups in total. The number of carbonyl (C=O) groups is 3. The highest BCUT2D eigenvalue weighted by Gasteiger charge is 2.24. The topological polar surface area (TPSA) is 97.0 Å². The molecule has 31 heavy (non-hydrogen) atoms. The van der Waals surface area contributed by atoms with E-state index in [9.17, 15) is 14.4 Å². The van der Waals surface area contributed by atoms with Gasteiger partial charge in [-0.1, -0.05) is 11.6 Å². The maximum absolute atomic E-state index is 12.9. The number of hydrogen-bond donors (Lipinski definition) is 2. The zero-order valence-electron chi connectivity index (χ0n) is 17.3. The molecule has 3 amide bonds. The molecule has 10 heteroatoms. The fourth-order valence-electron chi connectivity index (χ4n) is 3.21. The first-order valence-electron chi connectivity index (χ1n) is 9.74. The number of nitrogens with zero attached hydrogens (tertiary/aromatic N) is 1. The monoisotopic (exact) mass is 465 g/mol. The first kappa shape index (κ1) is 23.2. The van der Waals surface area contributed by atoms with Crippen LogP contribution < -0.4 is 15.5 Å². The molecule has 3 rings (SSSR count). The minimum atomic E-state index is -0.783. The second kappa shape index (κ2) is 10.7. The number of thiophene rings is 1. The standard InChI is InChI=1S/C21H24ClN3O5S/c1-13-11-14(3-4-16(13)25-8-10-30-12-19(25)26)23-20(27)15(7-9-29-2)24-21(28)17-5-6-18(22)31-17/h3-6,11,15H,7-10,12H2,1-2H3,(H,23,27)(H,24,28)/t15-/m1/s1. The SMILES string of the molecule is COCC[C@@H](NC(=O)c1ccc(Cl)s1)C(=O)Nc1ccc(N2CCOCC2=O)c(C)c1. The fourth-order valence-corrected chi connectivity index (χ4v) is 4.15. The molecule has 1 saturated heterocycles. The average molecular weight is 466 g/mol. The number of aryl methyl sites for hydroxylation is 1. The van der Waals surface area contributed by atoms with Gasteiger partial charge in [0, 0.05) is 31.6 Å². The van der Waals surface area contributed by atoms with Crippen molar-refractivity contribution in [2.24, 2.45) is 0 Å². The molecular formula is C21H24ClN3O5S. The first-order chi connectivity index (χ1) is 14.9. The Labute approximate surface area is 189 Å². The number of hydrogen-bond acceptors (Lipinski definition) is 6. The Balaban J connectivity index is 1.69. The van der Waals surface area contributed by atoms with Gasteiger partial charge >= 0.3 is 0 Å². The van der Waals surface area contributed by atoms with Crippen LogP contribution in [0.15, 0.2) is 30.3 Å². The number of methoxy groups -OCH3 is 1. The van der Waals surface area contributed by atoms with Crippen molar-refractivity contribution in [2.75, 3.05) is 43.7 Å². The molecule has 0 spiro atoms. The summed E-state index contributed by atoms with van der Waals surface area (Å²) in [5.74, 6) is -0.824. The normalized spacial score (nSPS) is 14.9. The van der Waals surface area contributed by atoms with Crippen LogP contribution in [0.1, 0.15) is 21.7 Å². The van der Waals surface area contributed by atoms with Crippen LogP contribution in [0.4, 0.5) is 11.4 Å². The Morgan fingerprint density at radius 2 is 2.13 bits per heavy atom. The molecular weight excluding hydrogens is 442 g/mol. The Kier molecular flexibility index (Phi) is 8.03. The summed E-state index contributed by atoms with van der Waals surface area (Å²) in [5, 5.41) is 5.57. The lowest BCUT2D eigenvalue weighted by Gasteiger charge is -2.28. The van der Waals surface area contributed by atoms with Crippen molar-refractivity contribution in [3.8, 4) is 0 Å². The molecule has 1 atom stereocenters. The predicted molar refractivity (Wildman–Crippen MR) is 120 cm³/mol. The Bertz CT molecular complexity index is 964. The van der Waals surface area contributed by atoms with Gasteiger partial charge in [0.05, 0.1) is 15.8 Å². The Morgan fingerprint density at radius 3 is 2.77 bits per heavy atom. The highest BCUT2D eigenvalue weighted by Crippen LogP contribution is 2.25. The number of benzene rings is 1. The lowest BCUT2D eigenvalue weighted by atomic mass is 10.1. The smallest absolute Gasteiger partial charge is 0.262 e. The molecule has 1 aliphatic heterocycles. The number of nitrogens with one attached hydrogen (secondary N) is 2. The number of amides is 3. The summed E-state index contributed by atoms with van der Waals surface area (Å²) in [4.78, 5) is 39.5. The van der Waals surface area contributed by atoms with Crippen LogP contribution >= 0.6 is 22.9 Å². The van der Waals surface area contributed by atoms with Gasteiger partial charge in [-0.15, -0.1) is 11.3 Å². The predicted octanol–water partition coefficient (Wildman–Crippen LogP) is 2.85. The molecule has 0 bridgehead atoms. The summed E-state index contributed by atoms with van der Waals surface area (Å²) in [6.07, 6.45) is 0.312. The van der Waals surface area contributed by atoms with E-state index >= 15 is 0 Å². The third-order valence-electron chi connectivity index (χ3n) is 4.77. The average Bonchev–Trinajstić information content (AvgIpc) is 3.18. The number of anilines is 2. The third kappa shape index (κ3) is 6.04. The molecule has 2 heterocycles. The van der Waals surface area contributed by atoms with Gasteiger partial charge in [-0.05, 0) is 49.2 Å². The molecule has 8 nitrogen and oxygen atoms in total. The molecule has 166 valence electrons. The van der Waals surface area contributed by atoms with Gasteiger partial charge in [0.15, 0.2) is 0 Å². The van der Waals surface area contributed by atoms with Crippen LogP contribution in [0.25, 0.3) is 0 Å². The number of ether oxygens (including phenoxy) is 2. The van der Waals surface area contributed by atoms with Crippen LogP contribution in [0.2, 0.25) is 4.34 Å². The molecule has 0 aliphatic carbocycles. The van der Waals surface area contributed by atoms with E-state index in [2.05, 4.69) is 10.6 Å². The number of rotatable bonds is 8. The van der Waals surface area contributed by atoms with E-state index in [1.807, 2.05) is 6.92 Å². The van der Waals surface area contributed by atoms with Gasteiger partial charge in [-0.2, -0.15) is 0 Å². The summed E-state index contributed by atoms with van der Waals surface area (Å²) >= 11 is 7.04. The van der Waals surface area contributed by atoms with Crippen molar-refractivity contribution in [1.82, 2.24) is 5.32 Å². The van der Waals surface area contributed by atoms with Gasteiger partial charge in [0.2, 0.25) is 5.91 Å². The molecule has 2 aromatic rings. The van der Waals surface area contributed by atoms with Gasteiger partial charge < -0.3 is 25.0 Å². The van der Waals surface area contributed by atoms with Crippen LogP contribution in [0.3, 0.4) is 0 Å². The van der Waals surface area contributed by atoms with Crippen LogP contribution in [-0.4, -0.2) is 57.2 Å². The molecule has 0 unspecified atom stereocenters. The minimum Gasteiger partial charge on any atom is -0.385 e. The summed E-state index contributed by atoms with van der Waals surface area (Å²) in [6.45, 7) is 3.22. The van der Waals surface area contributed by atoms with Gasteiger partial charge in [0.25, 0.3) is 11.8 Å². The Hall–Kier alpha value is -2.46. The van der Waals surface area contributed by atoms with Crippen molar-refractivity contribution in [3.05, 3.63) is 45.1 Å². The lowest BCUT2D eigenvalue weighted by molar-refractivity contribution is -0.125. The summed E-state index contributed by atoms with van der Waals surface area (Å²) in [6, 6.07) is 7.79. The second-order valence-electron chi connectivity index (χ2n) is 7.00.